The maximum Gasteiger partial charge on any atom is 0.325 e. The van der Waals surface area contributed by atoms with Gasteiger partial charge in [-0.1, -0.05) is 17.2 Å². The predicted octanol–water partition coefficient (Wildman–Crippen LogP) is 1.21. The molecule has 0 saturated heterocycles. The van der Waals surface area contributed by atoms with Crippen LogP contribution in [-0.2, 0) is 9.53 Å². The van der Waals surface area contributed by atoms with E-state index >= 15 is 0 Å². The fraction of sp³-hybridized carbons (Fsp3) is 0.333. The molecule has 1 amide bonds. The lowest BCUT2D eigenvalue weighted by atomic mass is 10.1. The quantitative estimate of drug-likeness (QED) is 0.780. The number of carbonyl (C=O) groups is 2. The van der Waals surface area contributed by atoms with Crippen LogP contribution in [0.3, 0.4) is 0 Å². The van der Waals surface area contributed by atoms with Gasteiger partial charge in [-0.15, -0.1) is 0 Å². The van der Waals surface area contributed by atoms with Crippen LogP contribution in [0.15, 0.2) is 18.2 Å². The van der Waals surface area contributed by atoms with Crippen molar-refractivity contribution in [3.8, 4) is 0 Å². The fourth-order valence-corrected chi connectivity index (χ4v) is 1.43. The van der Waals surface area contributed by atoms with Gasteiger partial charge in [0.1, 0.15) is 6.54 Å². The van der Waals surface area contributed by atoms with Crippen molar-refractivity contribution in [1.82, 2.24) is 5.32 Å². The molecule has 1 aromatic carbocycles. The van der Waals surface area contributed by atoms with Crippen LogP contribution in [-0.4, -0.2) is 25.5 Å². The summed E-state index contributed by atoms with van der Waals surface area (Å²) in [7, 11) is 1.28. The number of nitrogens with one attached hydrogen (secondary N) is 1. The fourth-order valence-electron chi connectivity index (χ4n) is 1.43. The van der Waals surface area contributed by atoms with Gasteiger partial charge in [-0.05, 0) is 26.0 Å². The normalized spacial score (nSPS) is 9.69. The summed E-state index contributed by atoms with van der Waals surface area (Å²) in [6.45, 7) is 3.73. The Morgan fingerprint density at radius 1 is 1.19 bits per heavy atom. The summed E-state index contributed by atoms with van der Waals surface area (Å²) in [5.41, 5.74) is 2.59. The molecule has 0 atom stereocenters. The Morgan fingerprint density at radius 2 is 1.75 bits per heavy atom. The average molecular weight is 221 g/mol. The highest BCUT2D eigenvalue weighted by Gasteiger charge is 2.08. The van der Waals surface area contributed by atoms with Crippen LogP contribution in [0.5, 0.6) is 0 Å². The van der Waals surface area contributed by atoms with Gasteiger partial charge in [0.2, 0.25) is 0 Å². The van der Waals surface area contributed by atoms with Crippen molar-refractivity contribution in [2.45, 2.75) is 13.8 Å². The van der Waals surface area contributed by atoms with Gasteiger partial charge in [0.15, 0.2) is 0 Å². The third-order valence-electron chi connectivity index (χ3n) is 2.10. The Morgan fingerprint density at radius 3 is 2.25 bits per heavy atom. The first-order chi connectivity index (χ1) is 7.52. The van der Waals surface area contributed by atoms with Crippen molar-refractivity contribution in [1.29, 1.82) is 0 Å². The molecular weight excluding hydrogens is 206 g/mol. The molecule has 1 rings (SSSR count). The van der Waals surface area contributed by atoms with Crippen LogP contribution in [0.4, 0.5) is 0 Å². The lowest BCUT2D eigenvalue weighted by Crippen LogP contribution is -2.30. The summed E-state index contributed by atoms with van der Waals surface area (Å²) < 4.78 is 4.43. The van der Waals surface area contributed by atoms with Crippen LogP contribution in [0, 0.1) is 13.8 Å². The lowest BCUT2D eigenvalue weighted by molar-refractivity contribution is -0.139. The first-order valence-electron chi connectivity index (χ1n) is 4.96. The number of amides is 1. The van der Waals surface area contributed by atoms with E-state index in [1.165, 1.54) is 7.11 Å². The minimum absolute atomic E-state index is 0.109. The lowest BCUT2D eigenvalue weighted by Gasteiger charge is -2.05. The summed E-state index contributed by atoms with van der Waals surface area (Å²) in [6, 6.07) is 5.54. The van der Waals surface area contributed by atoms with Crippen LogP contribution >= 0.6 is 0 Å². The zero-order valence-corrected chi connectivity index (χ0v) is 9.66. The van der Waals surface area contributed by atoms with Gasteiger partial charge in [-0.3, -0.25) is 9.59 Å². The van der Waals surface area contributed by atoms with Crippen molar-refractivity contribution >= 4 is 11.9 Å². The van der Waals surface area contributed by atoms with Crippen LogP contribution in [0.25, 0.3) is 0 Å². The van der Waals surface area contributed by atoms with Crippen molar-refractivity contribution in [2.24, 2.45) is 0 Å². The molecule has 0 fully saturated rings. The van der Waals surface area contributed by atoms with Crippen LogP contribution in [0.2, 0.25) is 0 Å². The van der Waals surface area contributed by atoms with Crippen molar-refractivity contribution in [2.75, 3.05) is 13.7 Å². The summed E-state index contributed by atoms with van der Waals surface area (Å²) in [4.78, 5) is 22.5. The van der Waals surface area contributed by atoms with Crippen molar-refractivity contribution in [3.05, 3.63) is 34.9 Å². The molecule has 0 saturated carbocycles. The number of esters is 1. The highest BCUT2D eigenvalue weighted by atomic mass is 16.5. The Balaban J connectivity index is 2.69. The van der Waals surface area contributed by atoms with Crippen molar-refractivity contribution < 1.29 is 14.3 Å². The second kappa shape index (κ2) is 5.30. The monoisotopic (exact) mass is 221 g/mol. The number of hydrogen-bond donors (Lipinski definition) is 1. The number of rotatable bonds is 3. The van der Waals surface area contributed by atoms with E-state index in [-0.39, 0.29) is 12.5 Å². The van der Waals surface area contributed by atoms with Gasteiger partial charge < -0.3 is 10.1 Å². The molecule has 0 heterocycles. The first kappa shape index (κ1) is 12.2. The molecule has 4 nitrogen and oxygen atoms in total. The zero-order valence-electron chi connectivity index (χ0n) is 9.66. The minimum atomic E-state index is -0.460. The topological polar surface area (TPSA) is 55.4 Å². The van der Waals surface area contributed by atoms with Crippen LogP contribution in [0.1, 0.15) is 21.5 Å². The SMILES string of the molecule is COC(=O)CNC(=O)c1cc(C)cc(C)c1. The number of hydrogen-bond acceptors (Lipinski definition) is 3. The number of carbonyl (C=O) groups excluding carboxylic acids is 2. The second-order valence-electron chi connectivity index (χ2n) is 3.64. The molecule has 1 aromatic rings. The summed E-state index contributed by atoms with van der Waals surface area (Å²) in [5.74, 6) is -0.727. The predicted molar refractivity (Wildman–Crippen MR) is 60.3 cm³/mol. The summed E-state index contributed by atoms with van der Waals surface area (Å²) in [5, 5.41) is 2.49. The Bertz CT molecular complexity index is 392. The maximum atomic E-state index is 11.7. The number of methoxy groups -OCH3 is 1. The largest absolute Gasteiger partial charge is 0.468 e. The minimum Gasteiger partial charge on any atom is -0.468 e. The van der Waals surface area contributed by atoms with Crippen molar-refractivity contribution in [3.63, 3.8) is 0 Å². The Labute approximate surface area is 94.6 Å². The van der Waals surface area contributed by atoms with Gasteiger partial charge in [-0.2, -0.15) is 0 Å². The van der Waals surface area contributed by atoms with E-state index in [0.29, 0.717) is 5.56 Å². The highest BCUT2D eigenvalue weighted by molar-refractivity contribution is 5.96. The van der Waals surface area contributed by atoms with Gasteiger partial charge in [0.25, 0.3) is 5.91 Å². The second-order valence-corrected chi connectivity index (χ2v) is 3.64. The third-order valence-corrected chi connectivity index (χ3v) is 2.10. The number of aryl methyl sites for hydroxylation is 2. The van der Waals surface area contributed by atoms with Gasteiger partial charge in [-0.25, -0.2) is 0 Å². The molecule has 0 unspecified atom stereocenters. The molecule has 0 aromatic heterocycles. The van der Waals surface area contributed by atoms with E-state index in [1.54, 1.807) is 12.1 Å². The average Bonchev–Trinajstić information content (AvgIpc) is 2.23. The highest BCUT2D eigenvalue weighted by Crippen LogP contribution is 2.08. The van der Waals surface area contributed by atoms with Gasteiger partial charge in [0.05, 0.1) is 7.11 Å². The molecule has 16 heavy (non-hydrogen) atoms. The molecule has 0 aliphatic carbocycles. The van der Waals surface area contributed by atoms with Gasteiger partial charge >= 0.3 is 5.97 Å². The summed E-state index contributed by atoms with van der Waals surface area (Å²) >= 11 is 0. The molecule has 0 spiro atoms. The van der Waals surface area contributed by atoms with E-state index in [0.717, 1.165) is 11.1 Å². The number of benzene rings is 1. The molecule has 86 valence electrons. The van der Waals surface area contributed by atoms with Gasteiger partial charge in [0, 0.05) is 5.56 Å². The molecule has 0 radical (unpaired) electrons. The van der Waals surface area contributed by atoms with E-state index in [2.05, 4.69) is 10.1 Å². The molecule has 0 bridgehead atoms. The van der Waals surface area contributed by atoms with Crippen LogP contribution < -0.4 is 5.32 Å². The molecule has 4 heteroatoms. The molecule has 0 aliphatic heterocycles. The van der Waals surface area contributed by atoms with E-state index in [9.17, 15) is 9.59 Å². The van der Waals surface area contributed by atoms with E-state index < -0.39 is 5.97 Å². The maximum absolute atomic E-state index is 11.7. The zero-order chi connectivity index (χ0) is 12.1. The number of ether oxygens (including phenoxy) is 1. The summed E-state index contributed by atoms with van der Waals surface area (Å²) in [6.07, 6.45) is 0. The van der Waals surface area contributed by atoms with E-state index in [4.69, 9.17) is 0 Å². The first-order valence-corrected chi connectivity index (χ1v) is 4.96. The standard InChI is InChI=1S/C12H15NO3/c1-8-4-9(2)6-10(5-8)12(15)13-7-11(14)16-3/h4-6H,7H2,1-3H3,(H,13,15). The molecule has 1 N–H and O–H groups in total. The third kappa shape index (κ3) is 3.38. The smallest absolute Gasteiger partial charge is 0.325 e. The molecule has 0 aliphatic rings. The Hall–Kier alpha value is -1.84. The van der Waals surface area contributed by atoms with E-state index in [1.807, 2.05) is 19.9 Å². The molecular formula is C12H15NO3. The Kier molecular flexibility index (Phi) is 4.05.